The summed E-state index contributed by atoms with van der Waals surface area (Å²) in [4.78, 5) is 23.6. The molecule has 0 aliphatic heterocycles. The second-order valence-corrected chi connectivity index (χ2v) is 5.71. The Kier molecular flexibility index (Phi) is 7.36. The van der Waals surface area contributed by atoms with E-state index in [1.165, 1.54) is 0 Å². The predicted molar refractivity (Wildman–Crippen MR) is 102 cm³/mol. The highest BCUT2D eigenvalue weighted by Gasteiger charge is 2.06. The lowest BCUT2D eigenvalue weighted by atomic mass is 10.2. The fraction of sp³-hybridized carbons (Fsp3) is 0.250. The summed E-state index contributed by atoms with van der Waals surface area (Å²) in [7, 11) is 0. The molecular weight excluding hydrogens is 330 g/mol. The summed E-state index contributed by atoms with van der Waals surface area (Å²) in [6.07, 6.45) is 1.70. The molecule has 2 rings (SSSR count). The van der Waals surface area contributed by atoms with Crippen molar-refractivity contribution in [3.05, 3.63) is 59.7 Å². The Morgan fingerprint density at radius 3 is 2.31 bits per heavy atom. The minimum Gasteiger partial charge on any atom is -0.494 e. The molecule has 2 amide bonds. The van der Waals surface area contributed by atoms with Crippen molar-refractivity contribution in [1.29, 1.82) is 0 Å². The van der Waals surface area contributed by atoms with E-state index < -0.39 is 0 Å². The van der Waals surface area contributed by atoms with Gasteiger partial charge in [-0.15, -0.1) is 0 Å². The zero-order valence-electron chi connectivity index (χ0n) is 15.0. The van der Waals surface area contributed by atoms with Crippen LogP contribution in [0, 0.1) is 6.92 Å². The molecule has 136 valence electrons. The number of carbonyl (C=O) groups is 2. The molecule has 2 aromatic rings. The van der Waals surface area contributed by atoms with Crippen LogP contribution in [0.2, 0.25) is 0 Å². The maximum atomic E-state index is 11.8. The van der Waals surface area contributed by atoms with Crippen molar-refractivity contribution in [2.75, 3.05) is 11.9 Å². The Labute approximate surface area is 153 Å². The summed E-state index contributed by atoms with van der Waals surface area (Å²) in [5.41, 5.74) is 5.09. The number of hydrazone groups is 1. The molecule has 2 N–H and O–H groups in total. The Bertz CT molecular complexity index is 753. The summed E-state index contributed by atoms with van der Waals surface area (Å²) in [5.74, 6) is 0.263. The van der Waals surface area contributed by atoms with Crippen LogP contribution in [0.1, 0.15) is 30.9 Å². The molecule has 0 heterocycles. The fourth-order valence-electron chi connectivity index (χ4n) is 2.14. The van der Waals surface area contributed by atoms with Gasteiger partial charge in [0, 0.05) is 18.5 Å². The van der Waals surface area contributed by atoms with E-state index in [0.29, 0.717) is 6.61 Å². The number of hydrogen-bond donors (Lipinski definition) is 2. The van der Waals surface area contributed by atoms with E-state index in [0.717, 1.165) is 22.6 Å². The molecular formula is C20H23N3O3. The molecule has 0 fully saturated rings. The van der Waals surface area contributed by atoms with E-state index in [1.807, 2.05) is 62.4 Å². The number of nitrogens with one attached hydrogen (secondary N) is 2. The normalized spacial score (nSPS) is 10.5. The number of rotatable bonds is 8. The molecule has 0 radical (unpaired) electrons. The predicted octanol–water partition coefficient (Wildman–Crippen LogP) is 3.26. The van der Waals surface area contributed by atoms with Gasteiger partial charge in [-0.05, 0) is 55.8 Å². The van der Waals surface area contributed by atoms with Crippen LogP contribution in [0.4, 0.5) is 5.69 Å². The molecule has 0 aliphatic rings. The van der Waals surface area contributed by atoms with E-state index in [4.69, 9.17) is 4.74 Å². The third kappa shape index (κ3) is 6.76. The van der Waals surface area contributed by atoms with E-state index in [2.05, 4.69) is 15.8 Å². The van der Waals surface area contributed by atoms with Crippen molar-refractivity contribution in [2.45, 2.75) is 26.7 Å². The van der Waals surface area contributed by atoms with E-state index in [-0.39, 0.29) is 24.7 Å². The smallest absolute Gasteiger partial charge is 0.240 e. The number of aryl methyl sites for hydroxylation is 1. The molecule has 6 nitrogen and oxygen atoms in total. The van der Waals surface area contributed by atoms with Crippen molar-refractivity contribution in [3.63, 3.8) is 0 Å². The minimum atomic E-state index is -0.314. The Hall–Kier alpha value is -3.15. The highest BCUT2D eigenvalue weighted by molar-refractivity contribution is 5.93. The first kappa shape index (κ1) is 19.2. The average Bonchev–Trinajstić information content (AvgIpc) is 2.64. The number of hydrogen-bond acceptors (Lipinski definition) is 4. The third-order valence-corrected chi connectivity index (χ3v) is 3.51. The first-order valence-corrected chi connectivity index (χ1v) is 8.48. The number of benzene rings is 2. The monoisotopic (exact) mass is 353 g/mol. The van der Waals surface area contributed by atoms with Crippen molar-refractivity contribution in [1.82, 2.24) is 5.43 Å². The highest BCUT2D eigenvalue weighted by atomic mass is 16.5. The van der Waals surface area contributed by atoms with Gasteiger partial charge in [0.2, 0.25) is 11.8 Å². The average molecular weight is 353 g/mol. The second kappa shape index (κ2) is 9.98. The SMILES string of the molecule is CCOc1ccc(C=NNC(=O)CCC(=O)Nc2ccc(C)cc2)cc1. The summed E-state index contributed by atoms with van der Waals surface area (Å²) >= 11 is 0. The van der Waals surface area contributed by atoms with Crippen molar-refractivity contribution >= 4 is 23.7 Å². The molecule has 26 heavy (non-hydrogen) atoms. The van der Waals surface area contributed by atoms with Crippen LogP contribution in [-0.2, 0) is 9.59 Å². The van der Waals surface area contributed by atoms with Crippen molar-refractivity contribution in [2.24, 2.45) is 5.10 Å². The summed E-state index contributed by atoms with van der Waals surface area (Å²) in [5, 5.41) is 6.64. The fourth-order valence-corrected chi connectivity index (χ4v) is 2.14. The number of nitrogens with zero attached hydrogens (tertiary/aromatic N) is 1. The molecule has 2 aromatic carbocycles. The first-order valence-electron chi connectivity index (χ1n) is 8.48. The minimum absolute atomic E-state index is 0.0678. The van der Waals surface area contributed by atoms with Gasteiger partial charge in [0.25, 0.3) is 0 Å². The van der Waals surface area contributed by atoms with Crippen LogP contribution < -0.4 is 15.5 Å². The molecule has 0 saturated heterocycles. The van der Waals surface area contributed by atoms with Crippen LogP contribution in [0.15, 0.2) is 53.6 Å². The van der Waals surface area contributed by atoms with Crippen LogP contribution in [0.5, 0.6) is 5.75 Å². The van der Waals surface area contributed by atoms with Gasteiger partial charge in [0.05, 0.1) is 12.8 Å². The van der Waals surface area contributed by atoms with Crippen LogP contribution in [-0.4, -0.2) is 24.6 Å². The molecule has 0 spiro atoms. The van der Waals surface area contributed by atoms with Gasteiger partial charge in [-0.2, -0.15) is 5.10 Å². The third-order valence-electron chi connectivity index (χ3n) is 3.51. The second-order valence-electron chi connectivity index (χ2n) is 5.71. The van der Waals surface area contributed by atoms with Crippen LogP contribution in [0.3, 0.4) is 0 Å². The van der Waals surface area contributed by atoms with Gasteiger partial charge in [-0.3, -0.25) is 9.59 Å². The van der Waals surface area contributed by atoms with Crippen molar-refractivity contribution < 1.29 is 14.3 Å². The van der Waals surface area contributed by atoms with Gasteiger partial charge in [0.1, 0.15) is 5.75 Å². The Morgan fingerprint density at radius 2 is 1.65 bits per heavy atom. The lowest BCUT2D eigenvalue weighted by molar-refractivity contribution is -0.124. The zero-order valence-corrected chi connectivity index (χ0v) is 15.0. The Balaban J connectivity index is 1.70. The van der Waals surface area contributed by atoms with Gasteiger partial charge in [-0.25, -0.2) is 5.43 Å². The molecule has 0 saturated carbocycles. The number of anilines is 1. The molecule has 6 heteroatoms. The van der Waals surface area contributed by atoms with Crippen LogP contribution in [0.25, 0.3) is 0 Å². The quantitative estimate of drug-likeness (QED) is 0.565. The lowest BCUT2D eigenvalue weighted by Crippen LogP contribution is -2.20. The van der Waals surface area contributed by atoms with Gasteiger partial charge < -0.3 is 10.1 Å². The topological polar surface area (TPSA) is 79.8 Å². The maximum absolute atomic E-state index is 11.8. The van der Waals surface area contributed by atoms with Gasteiger partial charge in [-0.1, -0.05) is 17.7 Å². The zero-order chi connectivity index (χ0) is 18.8. The largest absolute Gasteiger partial charge is 0.494 e. The van der Waals surface area contributed by atoms with E-state index in [1.54, 1.807) is 6.21 Å². The number of ether oxygens (including phenoxy) is 1. The number of amides is 2. The van der Waals surface area contributed by atoms with E-state index in [9.17, 15) is 9.59 Å². The number of carbonyl (C=O) groups excluding carboxylic acids is 2. The van der Waals surface area contributed by atoms with Gasteiger partial charge in [0.15, 0.2) is 0 Å². The molecule has 0 unspecified atom stereocenters. The van der Waals surface area contributed by atoms with Crippen LogP contribution >= 0.6 is 0 Å². The first-order chi connectivity index (χ1) is 12.6. The summed E-state index contributed by atoms with van der Waals surface area (Å²) < 4.78 is 5.35. The van der Waals surface area contributed by atoms with Gasteiger partial charge >= 0.3 is 0 Å². The summed E-state index contributed by atoms with van der Waals surface area (Å²) in [6, 6.07) is 14.8. The molecule has 0 aromatic heterocycles. The van der Waals surface area contributed by atoms with E-state index >= 15 is 0 Å². The highest BCUT2D eigenvalue weighted by Crippen LogP contribution is 2.11. The standard InChI is InChI=1S/C20H23N3O3/c1-3-26-18-10-6-16(7-11-18)14-21-23-20(25)13-12-19(24)22-17-8-4-15(2)5-9-17/h4-11,14H,3,12-13H2,1-2H3,(H,22,24)(H,23,25). The molecule has 0 aliphatic carbocycles. The molecule has 0 bridgehead atoms. The summed E-state index contributed by atoms with van der Waals surface area (Å²) in [6.45, 7) is 4.51. The lowest BCUT2D eigenvalue weighted by Gasteiger charge is -2.05. The van der Waals surface area contributed by atoms with Crippen molar-refractivity contribution in [3.8, 4) is 5.75 Å². The maximum Gasteiger partial charge on any atom is 0.240 e. The Morgan fingerprint density at radius 1 is 1.00 bits per heavy atom. The molecule has 0 atom stereocenters.